The van der Waals surface area contributed by atoms with E-state index in [0.717, 1.165) is 30.2 Å². The number of hydrogen-bond acceptors (Lipinski definition) is 5. The number of likely N-dealkylation sites (tertiary alicyclic amines) is 2. The van der Waals surface area contributed by atoms with Crippen LogP contribution >= 0.6 is 0 Å². The molecule has 0 radical (unpaired) electrons. The van der Waals surface area contributed by atoms with Crippen molar-refractivity contribution in [3.63, 3.8) is 0 Å². The molecular weight excluding hydrogens is 394 g/mol. The third-order valence-corrected chi connectivity index (χ3v) is 7.17. The Labute approximate surface area is 179 Å². The fraction of sp³-hybridized carbons (Fsp3) is 0.478. The molecule has 8 nitrogen and oxygen atoms in total. The van der Waals surface area contributed by atoms with Crippen LogP contribution in [0.4, 0.5) is 0 Å². The maximum absolute atomic E-state index is 13.1. The molecule has 2 amide bonds. The monoisotopic (exact) mass is 419 g/mol. The van der Waals surface area contributed by atoms with Crippen LogP contribution in [0.1, 0.15) is 49.7 Å². The fourth-order valence-corrected chi connectivity index (χ4v) is 5.26. The first-order valence-corrected chi connectivity index (χ1v) is 11.1. The Morgan fingerprint density at radius 2 is 2.00 bits per heavy atom. The summed E-state index contributed by atoms with van der Waals surface area (Å²) in [6.45, 7) is 1.33. The lowest BCUT2D eigenvalue weighted by Gasteiger charge is -2.25. The summed E-state index contributed by atoms with van der Waals surface area (Å²) >= 11 is 0. The zero-order valence-electron chi connectivity index (χ0n) is 17.3. The first kappa shape index (κ1) is 18.6. The van der Waals surface area contributed by atoms with Crippen LogP contribution < -0.4 is 0 Å². The maximum atomic E-state index is 13.1. The lowest BCUT2D eigenvalue weighted by Crippen LogP contribution is -2.41. The van der Waals surface area contributed by atoms with Crippen molar-refractivity contribution in [1.29, 1.82) is 0 Å². The highest BCUT2D eigenvalue weighted by atomic mass is 16.5. The van der Waals surface area contributed by atoms with Crippen molar-refractivity contribution in [2.75, 3.05) is 6.54 Å². The number of benzene rings is 1. The summed E-state index contributed by atoms with van der Waals surface area (Å²) < 4.78 is 7.40. The summed E-state index contributed by atoms with van der Waals surface area (Å²) in [6, 6.07) is 10.0. The molecular formula is C23H25N5O3. The molecule has 0 spiro atoms. The number of carbonyl (C=O) groups excluding carboxylic acids is 2. The predicted molar refractivity (Wildman–Crippen MR) is 112 cm³/mol. The van der Waals surface area contributed by atoms with Crippen LogP contribution in [0.5, 0.6) is 0 Å². The van der Waals surface area contributed by atoms with Gasteiger partial charge in [-0.3, -0.25) is 9.59 Å². The van der Waals surface area contributed by atoms with E-state index in [0.29, 0.717) is 43.7 Å². The van der Waals surface area contributed by atoms with Gasteiger partial charge in [0.05, 0.1) is 18.6 Å². The van der Waals surface area contributed by atoms with Crippen LogP contribution in [0.25, 0.3) is 10.9 Å². The molecule has 8 heteroatoms. The highest BCUT2D eigenvalue weighted by Crippen LogP contribution is 2.36. The van der Waals surface area contributed by atoms with Gasteiger partial charge in [0.1, 0.15) is 6.54 Å². The minimum atomic E-state index is -0.0696. The summed E-state index contributed by atoms with van der Waals surface area (Å²) in [4.78, 5) is 34.1. The number of fused-ring (bicyclic) bond motifs is 2. The van der Waals surface area contributed by atoms with Crippen LogP contribution in [0.3, 0.4) is 0 Å². The molecule has 3 aromatic rings. The van der Waals surface area contributed by atoms with E-state index in [1.54, 1.807) is 0 Å². The second-order valence-electron chi connectivity index (χ2n) is 8.92. The van der Waals surface area contributed by atoms with Crippen molar-refractivity contribution >= 4 is 22.7 Å². The van der Waals surface area contributed by atoms with E-state index >= 15 is 0 Å². The van der Waals surface area contributed by atoms with E-state index in [4.69, 9.17) is 4.52 Å². The number of hydrogen-bond donors (Lipinski definition) is 0. The van der Waals surface area contributed by atoms with Gasteiger partial charge in [0.25, 0.3) is 0 Å². The van der Waals surface area contributed by atoms with Crippen molar-refractivity contribution in [3.8, 4) is 0 Å². The molecule has 3 fully saturated rings. The SMILES string of the molecule is O=C(Cn1ccc2ccccc21)N1CC[C@H]2[C@@H]1CC(=O)N2Cc1noc(C2CCC2)n1. The smallest absolute Gasteiger partial charge is 0.242 e. The number of rotatable bonds is 5. The lowest BCUT2D eigenvalue weighted by atomic mass is 9.85. The molecule has 2 saturated heterocycles. The number of carbonyl (C=O) groups is 2. The lowest BCUT2D eigenvalue weighted by molar-refractivity contribution is -0.132. The van der Waals surface area contributed by atoms with Crippen molar-refractivity contribution in [3.05, 3.63) is 48.2 Å². The average Bonchev–Trinajstić information content (AvgIpc) is 3.48. The number of aromatic nitrogens is 3. The molecule has 0 unspecified atom stereocenters. The highest BCUT2D eigenvalue weighted by molar-refractivity contribution is 5.85. The largest absolute Gasteiger partial charge is 0.339 e. The average molecular weight is 419 g/mol. The van der Waals surface area contributed by atoms with Crippen molar-refractivity contribution in [2.24, 2.45) is 0 Å². The van der Waals surface area contributed by atoms with Crippen molar-refractivity contribution in [1.82, 2.24) is 24.5 Å². The van der Waals surface area contributed by atoms with Gasteiger partial charge in [-0.05, 0) is 36.8 Å². The van der Waals surface area contributed by atoms with E-state index in [9.17, 15) is 9.59 Å². The van der Waals surface area contributed by atoms with E-state index in [1.807, 2.05) is 50.9 Å². The van der Waals surface area contributed by atoms with Crippen molar-refractivity contribution in [2.45, 2.75) is 63.2 Å². The molecule has 2 aliphatic heterocycles. The normalized spacial score (nSPS) is 23.5. The molecule has 160 valence electrons. The molecule has 0 bridgehead atoms. The van der Waals surface area contributed by atoms with Crippen LogP contribution in [-0.2, 0) is 22.7 Å². The summed E-state index contributed by atoms with van der Waals surface area (Å²) in [7, 11) is 0. The topological polar surface area (TPSA) is 84.5 Å². The van der Waals surface area contributed by atoms with Gasteiger partial charge >= 0.3 is 0 Å². The highest BCUT2D eigenvalue weighted by Gasteiger charge is 2.48. The summed E-state index contributed by atoms with van der Waals surface area (Å²) in [5, 5.41) is 5.22. The first-order valence-electron chi connectivity index (χ1n) is 11.1. The Kier molecular flexibility index (Phi) is 4.33. The van der Waals surface area contributed by atoms with Crippen LogP contribution in [-0.4, -0.2) is 55.0 Å². The molecule has 4 heterocycles. The second-order valence-corrected chi connectivity index (χ2v) is 8.92. The van der Waals surface area contributed by atoms with E-state index < -0.39 is 0 Å². The second kappa shape index (κ2) is 7.21. The number of nitrogens with zero attached hydrogens (tertiary/aromatic N) is 5. The fourth-order valence-electron chi connectivity index (χ4n) is 5.26. The van der Waals surface area contributed by atoms with Gasteiger partial charge in [0.2, 0.25) is 17.7 Å². The molecule has 3 aliphatic rings. The van der Waals surface area contributed by atoms with E-state index in [2.05, 4.69) is 10.1 Å². The minimum Gasteiger partial charge on any atom is -0.339 e. The molecule has 0 N–H and O–H groups in total. The Balaban J connectivity index is 1.15. The van der Waals surface area contributed by atoms with E-state index in [1.165, 1.54) is 6.42 Å². The zero-order valence-corrected chi connectivity index (χ0v) is 17.3. The Morgan fingerprint density at radius 1 is 1.13 bits per heavy atom. The van der Waals surface area contributed by atoms with Gasteiger partial charge in [0, 0.05) is 30.6 Å². The molecule has 1 aliphatic carbocycles. The summed E-state index contributed by atoms with van der Waals surface area (Å²) in [6.07, 6.45) is 6.53. The molecule has 31 heavy (non-hydrogen) atoms. The third-order valence-electron chi connectivity index (χ3n) is 7.17. The molecule has 6 rings (SSSR count). The molecule has 1 aromatic carbocycles. The van der Waals surface area contributed by atoms with E-state index in [-0.39, 0.29) is 23.9 Å². The Morgan fingerprint density at radius 3 is 2.84 bits per heavy atom. The van der Waals surface area contributed by atoms with Gasteiger partial charge in [0.15, 0.2) is 5.82 Å². The molecule has 1 saturated carbocycles. The van der Waals surface area contributed by atoms with Gasteiger partial charge in [-0.25, -0.2) is 0 Å². The van der Waals surface area contributed by atoms with Gasteiger partial charge in [-0.15, -0.1) is 0 Å². The summed E-state index contributed by atoms with van der Waals surface area (Å²) in [5.41, 5.74) is 1.05. The van der Waals surface area contributed by atoms with Crippen LogP contribution in [0, 0.1) is 0 Å². The van der Waals surface area contributed by atoms with Crippen LogP contribution in [0.15, 0.2) is 41.1 Å². The van der Waals surface area contributed by atoms with Gasteiger partial charge in [-0.1, -0.05) is 29.8 Å². The summed E-state index contributed by atoms with van der Waals surface area (Å²) in [5.74, 6) is 1.78. The first-order chi connectivity index (χ1) is 15.2. The maximum Gasteiger partial charge on any atom is 0.242 e. The third kappa shape index (κ3) is 3.12. The van der Waals surface area contributed by atoms with Gasteiger partial charge in [-0.2, -0.15) is 4.98 Å². The number of amides is 2. The molecule has 2 atom stereocenters. The Hall–Kier alpha value is -3.16. The zero-order chi connectivity index (χ0) is 20.9. The quantitative estimate of drug-likeness (QED) is 0.635. The standard InChI is InChI=1S/C23H25N5O3/c29-21-12-19-18(28(21)13-20-24-23(31-25-20)16-5-3-6-16)9-11-27(19)22(30)14-26-10-8-15-4-1-2-7-17(15)26/h1-2,4,7-8,10,16,18-19H,3,5-6,9,11-14H2/t18-,19-/m0/s1. The van der Waals surface area contributed by atoms with Crippen molar-refractivity contribution < 1.29 is 14.1 Å². The minimum absolute atomic E-state index is 0.0310. The predicted octanol–water partition coefficient (Wildman–Crippen LogP) is 2.69. The Bertz CT molecular complexity index is 1150. The van der Waals surface area contributed by atoms with Crippen LogP contribution in [0.2, 0.25) is 0 Å². The molecule has 2 aromatic heterocycles. The van der Waals surface area contributed by atoms with Gasteiger partial charge < -0.3 is 18.9 Å². The number of para-hydroxylation sites is 1.